The Labute approximate surface area is 67.1 Å². The van der Waals surface area contributed by atoms with Gasteiger partial charge in [-0.15, -0.1) is 22.9 Å². The SMILES string of the molecule is O=C(O)c1cc(CCl)cs1. The Bertz CT molecular complexity index is 244. The molecule has 10 heavy (non-hydrogen) atoms. The highest BCUT2D eigenvalue weighted by Gasteiger charge is 2.04. The van der Waals surface area contributed by atoms with Crippen molar-refractivity contribution in [2.45, 2.75) is 5.88 Å². The molecule has 0 spiro atoms. The molecule has 0 aliphatic carbocycles. The van der Waals surface area contributed by atoms with Crippen LogP contribution in [0, 0.1) is 0 Å². The minimum Gasteiger partial charge on any atom is -0.477 e. The van der Waals surface area contributed by atoms with E-state index in [0.717, 1.165) is 5.56 Å². The molecule has 0 aromatic carbocycles. The topological polar surface area (TPSA) is 37.3 Å². The third-order valence-corrected chi connectivity index (χ3v) is 2.29. The summed E-state index contributed by atoms with van der Waals surface area (Å²) in [6, 6.07) is 1.58. The van der Waals surface area contributed by atoms with Crippen molar-refractivity contribution in [3.8, 4) is 0 Å². The van der Waals surface area contributed by atoms with Gasteiger partial charge in [0.15, 0.2) is 0 Å². The average Bonchev–Trinajstić information content (AvgIpc) is 2.34. The fraction of sp³-hybridized carbons (Fsp3) is 0.167. The fourth-order valence-corrected chi connectivity index (χ4v) is 1.55. The minimum atomic E-state index is -0.888. The van der Waals surface area contributed by atoms with E-state index < -0.39 is 5.97 Å². The first kappa shape index (κ1) is 7.57. The largest absolute Gasteiger partial charge is 0.477 e. The number of thiophene rings is 1. The Hall–Kier alpha value is -0.540. The summed E-state index contributed by atoms with van der Waals surface area (Å²) in [6.45, 7) is 0. The van der Waals surface area contributed by atoms with Crippen LogP contribution in [0.15, 0.2) is 11.4 Å². The highest BCUT2D eigenvalue weighted by Crippen LogP contribution is 2.15. The highest BCUT2D eigenvalue weighted by atomic mass is 35.5. The van der Waals surface area contributed by atoms with Gasteiger partial charge in [-0.3, -0.25) is 0 Å². The van der Waals surface area contributed by atoms with E-state index in [1.54, 1.807) is 11.4 Å². The van der Waals surface area contributed by atoms with Crippen LogP contribution in [0.25, 0.3) is 0 Å². The first-order valence-corrected chi connectivity index (χ1v) is 4.02. The Morgan fingerprint density at radius 1 is 1.80 bits per heavy atom. The van der Waals surface area contributed by atoms with Crippen molar-refractivity contribution in [1.82, 2.24) is 0 Å². The Morgan fingerprint density at radius 2 is 2.50 bits per heavy atom. The Kier molecular flexibility index (Phi) is 2.29. The molecule has 0 aliphatic heterocycles. The van der Waals surface area contributed by atoms with Crippen molar-refractivity contribution in [3.63, 3.8) is 0 Å². The summed E-state index contributed by atoms with van der Waals surface area (Å²) in [7, 11) is 0. The second kappa shape index (κ2) is 3.03. The molecule has 1 aromatic heterocycles. The normalized spacial score (nSPS) is 9.70. The monoisotopic (exact) mass is 176 g/mol. The second-order valence-corrected chi connectivity index (χ2v) is 2.94. The van der Waals surface area contributed by atoms with E-state index in [2.05, 4.69) is 0 Å². The summed E-state index contributed by atoms with van der Waals surface area (Å²) in [5.74, 6) is -0.509. The van der Waals surface area contributed by atoms with Crippen molar-refractivity contribution in [2.24, 2.45) is 0 Å². The van der Waals surface area contributed by atoms with Crippen LogP contribution < -0.4 is 0 Å². The predicted octanol–water partition coefficient (Wildman–Crippen LogP) is 2.19. The van der Waals surface area contributed by atoms with E-state index in [9.17, 15) is 4.79 Å². The lowest BCUT2D eigenvalue weighted by atomic mass is 10.3. The second-order valence-electron chi connectivity index (χ2n) is 1.76. The van der Waals surface area contributed by atoms with E-state index in [4.69, 9.17) is 16.7 Å². The van der Waals surface area contributed by atoms with E-state index in [-0.39, 0.29) is 0 Å². The average molecular weight is 177 g/mol. The van der Waals surface area contributed by atoms with Gasteiger partial charge in [0, 0.05) is 5.88 Å². The predicted molar refractivity (Wildman–Crippen MR) is 40.8 cm³/mol. The molecule has 0 unspecified atom stereocenters. The maximum Gasteiger partial charge on any atom is 0.345 e. The lowest BCUT2D eigenvalue weighted by Crippen LogP contribution is -1.90. The molecule has 1 rings (SSSR count). The molecule has 0 aliphatic rings. The van der Waals surface area contributed by atoms with Crippen molar-refractivity contribution in [3.05, 3.63) is 21.9 Å². The molecule has 0 radical (unpaired) electrons. The van der Waals surface area contributed by atoms with Crippen LogP contribution in [-0.2, 0) is 5.88 Å². The van der Waals surface area contributed by atoms with Gasteiger partial charge in [0.2, 0.25) is 0 Å². The number of carboxylic acid groups (broad SMARTS) is 1. The van der Waals surface area contributed by atoms with E-state index in [1.165, 1.54) is 11.3 Å². The number of hydrogen-bond donors (Lipinski definition) is 1. The van der Waals surface area contributed by atoms with Crippen LogP contribution in [0.4, 0.5) is 0 Å². The molecule has 1 N–H and O–H groups in total. The van der Waals surface area contributed by atoms with Gasteiger partial charge in [-0.1, -0.05) is 0 Å². The van der Waals surface area contributed by atoms with Gasteiger partial charge in [-0.2, -0.15) is 0 Å². The lowest BCUT2D eigenvalue weighted by molar-refractivity contribution is 0.0702. The molecule has 2 nitrogen and oxygen atoms in total. The van der Waals surface area contributed by atoms with Crippen LogP contribution in [0.1, 0.15) is 15.2 Å². The third-order valence-electron chi connectivity index (χ3n) is 1.02. The van der Waals surface area contributed by atoms with Crippen LogP contribution in [0.2, 0.25) is 0 Å². The van der Waals surface area contributed by atoms with Gasteiger partial charge in [0.05, 0.1) is 0 Å². The number of hydrogen-bond acceptors (Lipinski definition) is 2. The number of carbonyl (C=O) groups is 1. The number of carboxylic acids is 1. The van der Waals surface area contributed by atoms with Gasteiger partial charge in [-0.25, -0.2) is 4.79 Å². The van der Waals surface area contributed by atoms with Gasteiger partial charge >= 0.3 is 5.97 Å². The summed E-state index contributed by atoms with van der Waals surface area (Å²) in [5, 5.41) is 10.2. The quantitative estimate of drug-likeness (QED) is 0.702. The van der Waals surface area contributed by atoms with Crippen LogP contribution in [0.5, 0.6) is 0 Å². The molecule has 0 saturated heterocycles. The van der Waals surface area contributed by atoms with Crippen LogP contribution >= 0.6 is 22.9 Å². The number of aromatic carboxylic acids is 1. The smallest absolute Gasteiger partial charge is 0.345 e. The van der Waals surface area contributed by atoms with Crippen molar-refractivity contribution in [2.75, 3.05) is 0 Å². The van der Waals surface area contributed by atoms with Crippen molar-refractivity contribution >= 4 is 28.9 Å². The van der Waals surface area contributed by atoms with Gasteiger partial charge < -0.3 is 5.11 Å². The standard InChI is InChI=1S/C6H5ClO2S/c7-2-4-1-5(6(8)9)10-3-4/h1,3H,2H2,(H,8,9). The zero-order chi connectivity index (χ0) is 7.56. The van der Waals surface area contributed by atoms with Gasteiger partial charge in [0.1, 0.15) is 4.88 Å². The molecule has 54 valence electrons. The first-order valence-electron chi connectivity index (χ1n) is 2.60. The van der Waals surface area contributed by atoms with E-state index in [0.29, 0.717) is 10.8 Å². The zero-order valence-electron chi connectivity index (χ0n) is 5.00. The molecule has 0 amide bonds. The maximum atomic E-state index is 10.3. The summed E-state index contributed by atoms with van der Waals surface area (Å²) in [5.41, 5.74) is 0.865. The molecular formula is C6H5ClO2S. The molecule has 0 bridgehead atoms. The molecule has 1 aromatic rings. The van der Waals surface area contributed by atoms with Crippen LogP contribution in [0.3, 0.4) is 0 Å². The van der Waals surface area contributed by atoms with E-state index in [1.807, 2.05) is 0 Å². The molecule has 4 heteroatoms. The molecule has 1 heterocycles. The Morgan fingerprint density at radius 3 is 2.80 bits per heavy atom. The van der Waals surface area contributed by atoms with Crippen molar-refractivity contribution < 1.29 is 9.90 Å². The van der Waals surface area contributed by atoms with Crippen molar-refractivity contribution in [1.29, 1.82) is 0 Å². The summed E-state index contributed by atoms with van der Waals surface area (Å²) in [6.07, 6.45) is 0. The summed E-state index contributed by atoms with van der Waals surface area (Å²) < 4.78 is 0. The summed E-state index contributed by atoms with van der Waals surface area (Å²) >= 11 is 6.66. The number of halogens is 1. The van der Waals surface area contributed by atoms with E-state index >= 15 is 0 Å². The molecule has 0 saturated carbocycles. The first-order chi connectivity index (χ1) is 4.74. The molecule has 0 fully saturated rings. The minimum absolute atomic E-state index is 0.343. The number of alkyl halides is 1. The maximum absolute atomic E-state index is 10.3. The number of rotatable bonds is 2. The lowest BCUT2D eigenvalue weighted by Gasteiger charge is -1.81. The fourth-order valence-electron chi connectivity index (χ4n) is 0.558. The Balaban J connectivity index is 2.88. The zero-order valence-corrected chi connectivity index (χ0v) is 6.58. The molecule has 0 atom stereocenters. The summed E-state index contributed by atoms with van der Waals surface area (Å²) in [4.78, 5) is 10.6. The van der Waals surface area contributed by atoms with Gasteiger partial charge in [-0.05, 0) is 17.0 Å². The molecular weight excluding hydrogens is 172 g/mol. The third kappa shape index (κ3) is 1.49. The highest BCUT2D eigenvalue weighted by molar-refractivity contribution is 7.12. The van der Waals surface area contributed by atoms with Crippen LogP contribution in [-0.4, -0.2) is 11.1 Å². The van der Waals surface area contributed by atoms with Gasteiger partial charge in [0.25, 0.3) is 0 Å².